The smallest absolute Gasteiger partial charge is 0.416 e. The van der Waals surface area contributed by atoms with Crippen LogP contribution in [-0.2, 0) is 12.6 Å². The van der Waals surface area contributed by atoms with E-state index in [9.17, 15) is 22.8 Å². The number of aromatic carboxylic acids is 2. The molecule has 22 heavy (non-hydrogen) atoms. The van der Waals surface area contributed by atoms with Gasteiger partial charge in [0, 0.05) is 6.42 Å². The van der Waals surface area contributed by atoms with Crippen molar-refractivity contribution >= 4 is 11.9 Å². The Morgan fingerprint density at radius 3 is 2.36 bits per heavy atom. The summed E-state index contributed by atoms with van der Waals surface area (Å²) in [6.07, 6.45) is -4.66. The van der Waals surface area contributed by atoms with Crippen LogP contribution in [0.1, 0.15) is 37.9 Å². The molecule has 1 aromatic heterocycles. The average Bonchev–Trinajstić information content (AvgIpc) is 2.82. The van der Waals surface area contributed by atoms with Crippen LogP contribution in [0.4, 0.5) is 13.2 Å². The molecule has 2 rings (SSSR count). The zero-order valence-electron chi connectivity index (χ0n) is 10.8. The molecule has 0 fully saturated rings. The maximum absolute atomic E-state index is 12.6. The third-order valence-electron chi connectivity index (χ3n) is 2.80. The number of imidazole rings is 1. The molecule has 0 unspecified atom stereocenters. The molecule has 0 bridgehead atoms. The summed E-state index contributed by atoms with van der Waals surface area (Å²) in [4.78, 5) is 27.7. The molecular weight excluding hydrogens is 305 g/mol. The number of aromatic nitrogens is 2. The topological polar surface area (TPSA) is 103 Å². The number of benzene rings is 1. The molecule has 0 radical (unpaired) electrons. The molecule has 6 nitrogen and oxygen atoms in total. The number of aromatic amines is 1. The van der Waals surface area contributed by atoms with Crippen molar-refractivity contribution in [2.75, 3.05) is 0 Å². The van der Waals surface area contributed by atoms with E-state index < -0.39 is 35.1 Å². The first-order valence-corrected chi connectivity index (χ1v) is 5.90. The van der Waals surface area contributed by atoms with Gasteiger partial charge in [-0.05, 0) is 11.6 Å². The Hall–Kier alpha value is -2.84. The zero-order chi connectivity index (χ0) is 16.5. The maximum atomic E-state index is 12.6. The molecular formula is C13H9F3N2O4. The molecule has 0 atom stereocenters. The monoisotopic (exact) mass is 314 g/mol. The van der Waals surface area contributed by atoms with Gasteiger partial charge in [0.1, 0.15) is 5.82 Å². The highest BCUT2D eigenvalue weighted by Gasteiger charge is 2.30. The van der Waals surface area contributed by atoms with Crippen LogP contribution in [0.2, 0.25) is 0 Å². The van der Waals surface area contributed by atoms with Gasteiger partial charge in [-0.15, -0.1) is 0 Å². The van der Waals surface area contributed by atoms with Gasteiger partial charge < -0.3 is 15.2 Å². The Morgan fingerprint density at radius 2 is 1.86 bits per heavy atom. The number of carboxylic acid groups (broad SMARTS) is 2. The predicted molar refractivity (Wildman–Crippen MR) is 66.8 cm³/mol. The van der Waals surface area contributed by atoms with E-state index in [1.165, 1.54) is 12.1 Å². The van der Waals surface area contributed by atoms with Crippen LogP contribution in [0.5, 0.6) is 0 Å². The first kappa shape index (κ1) is 15.5. The molecule has 116 valence electrons. The number of halogens is 3. The molecule has 0 aliphatic heterocycles. The molecule has 0 aliphatic rings. The Kier molecular flexibility index (Phi) is 3.89. The minimum absolute atomic E-state index is 0.0471. The molecule has 0 saturated carbocycles. The minimum atomic E-state index is -4.50. The molecule has 0 aliphatic carbocycles. The summed E-state index contributed by atoms with van der Waals surface area (Å²) >= 11 is 0. The van der Waals surface area contributed by atoms with Gasteiger partial charge in [0.05, 0.1) is 5.56 Å². The molecule has 0 saturated heterocycles. The number of rotatable bonds is 4. The number of hydrogen-bond donors (Lipinski definition) is 3. The van der Waals surface area contributed by atoms with Crippen LogP contribution < -0.4 is 0 Å². The fraction of sp³-hybridized carbons (Fsp3) is 0.154. The third-order valence-corrected chi connectivity index (χ3v) is 2.80. The molecule has 9 heteroatoms. The van der Waals surface area contributed by atoms with E-state index in [-0.39, 0.29) is 17.8 Å². The summed E-state index contributed by atoms with van der Waals surface area (Å²) < 4.78 is 37.8. The van der Waals surface area contributed by atoms with Gasteiger partial charge in [0.2, 0.25) is 0 Å². The SMILES string of the molecule is O=C(O)c1nc(Cc2cccc(C(F)(F)F)c2)[nH]c1C(=O)O. The van der Waals surface area contributed by atoms with Crippen molar-refractivity contribution in [3.8, 4) is 0 Å². The van der Waals surface area contributed by atoms with Crippen molar-refractivity contribution in [3.05, 3.63) is 52.6 Å². The van der Waals surface area contributed by atoms with Crippen molar-refractivity contribution in [1.82, 2.24) is 9.97 Å². The van der Waals surface area contributed by atoms with Gasteiger partial charge >= 0.3 is 18.1 Å². The third kappa shape index (κ3) is 3.25. The molecule has 0 amide bonds. The lowest BCUT2D eigenvalue weighted by atomic mass is 10.1. The molecule has 1 aromatic carbocycles. The quantitative estimate of drug-likeness (QED) is 0.804. The number of H-pyrrole nitrogens is 1. The summed E-state index contributed by atoms with van der Waals surface area (Å²) in [5.41, 5.74) is -1.94. The van der Waals surface area contributed by atoms with Gasteiger partial charge in [0.15, 0.2) is 11.4 Å². The Morgan fingerprint density at radius 1 is 1.18 bits per heavy atom. The van der Waals surface area contributed by atoms with E-state index in [1.54, 1.807) is 0 Å². The minimum Gasteiger partial charge on any atom is -0.477 e. The van der Waals surface area contributed by atoms with E-state index in [4.69, 9.17) is 10.2 Å². The second-order valence-electron chi connectivity index (χ2n) is 4.39. The van der Waals surface area contributed by atoms with Crippen molar-refractivity contribution < 1.29 is 33.0 Å². The van der Waals surface area contributed by atoms with Crippen molar-refractivity contribution in [2.45, 2.75) is 12.6 Å². The largest absolute Gasteiger partial charge is 0.477 e. The van der Waals surface area contributed by atoms with Crippen LogP contribution in [0.25, 0.3) is 0 Å². The predicted octanol–water partition coefficient (Wildman–Crippen LogP) is 2.42. The van der Waals surface area contributed by atoms with Crippen LogP contribution in [0.15, 0.2) is 24.3 Å². The van der Waals surface area contributed by atoms with Crippen molar-refractivity contribution in [3.63, 3.8) is 0 Å². The van der Waals surface area contributed by atoms with E-state index in [0.717, 1.165) is 12.1 Å². The van der Waals surface area contributed by atoms with Crippen LogP contribution in [0.3, 0.4) is 0 Å². The summed E-state index contributed by atoms with van der Waals surface area (Å²) in [5, 5.41) is 17.7. The Balaban J connectivity index is 2.34. The number of nitrogens with zero attached hydrogens (tertiary/aromatic N) is 1. The molecule has 0 spiro atoms. The van der Waals surface area contributed by atoms with E-state index in [0.29, 0.717) is 0 Å². The van der Waals surface area contributed by atoms with E-state index in [1.807, 2.05) is 0 Å². The molecule has 1 heterocycles. The molecule has 3 N–H and O–H groups in total. The summed E-state index contributed by atoms with van der Waals surface area (Å²) in [5.74, 6) is -3.10. The Labute approximate surface area is 121 Å². The van der Waals surface area contributed by atoms with Crippen LogP contribution in [0, 0.1) is 0 Å². The van der Waals surface area contributed by atoms with Gasteiger partial charge in [-0.25, -0.2) is 14.6 Å². The van der Waals surface area contributed by atoms with Gasteiger partial charge in [-0.3, -0.25) is 0 Å². The number of nitrogens with one attached hydrogen (secondary N) is 1. The molecule has 2 aromatic rings. The lowest BCUT2D eigenvalue weighted by molar-refractivity contribution is -0.137. The van der Waals surface area contributed by atoms with Gasteiger partial charge in [-0.1, -0.05) is 18.2 Å². The highest BCUT2D eigenvalue weighted by molar-refractivity contribution is 5.98. The average molecular weight is 314 g/mol. The zero-order valence-corrected chi connectivity index (χ0v) is 10.8. The number of alkyl halides is 3. The Bertz CT molecular complexity index is 706. The summed E-state index contributed by atoms with van der Waals surface area (Å²) in [6.45, 7) is 0. The van der Waals surface area contributed by atoms with Crippen LogP contribution >= 0.6 is 0 Å². The number of carboxylic acids is 2. The standard InChI is InChI=1S/C13H9F3N2O4/c14-13(15,16)7-3-1-2-6(4-7)5-8-17-9(11(19)20)10(18-8)12(21)22/h1-4H,5H2,(H,17,18)(H,19,20)(H,21,22). The highest BCUT2D eigenvalue weighted by atomic mass is 19.4. The summed E-state index contributed by atoms with van der Waals surface area (Å²) in [6, 6.07) is 4.40. The number of carbonyl (C=O) groups is 2. The summed E-state index contributed by atoms with van der Waals surface area (Å²) in [7, 11) is 0. The van der Waals surface area contributed by atoms with Crippen molar-refractivity contribution in [2.24, 2.45) is 0 Å². The lowest BCUT2D eigenvalue weighted by Gasteiger charge is -2.07. The maximum Gasteiger partial charge on any atom is 0.416 e. The lowest BCUT2D eigenvalue weighted by Crippen LogP contribution is -2.07. The fourth-order valence-corrected chi connectivity index (χ4v) is 1.87. The van der Waals surface area contributed by atoms with E-state index >= 15 is 0 Å². The van der Waals surface area contributed by atoms with Gasteiger partial charge in [-0.2, -0.15) is 13.2 Å². The first-order valence-electron chi connectivity index (χ1n) is 5.90. The number of hydrogen-bond acceptors (Lipinski definition) is 3. The van der Waals surface area contributed by atoms with Crippen molar-refractivity contribution in [1.29, 1.82) is 0 Å². The second kappa shape index (κ2) is 5.51. The van der Waals surface area contributed by atoms with Crippen LogP contribution in [-0.4, -0.2) is 32.1 Å². The highest BCUT2D eigenvalue weighted by Crippen LogP contribution is 2.29. The normalized spacial score (nSPS) is 11.4. The first-order chi connectivity index (χ1) is 10.2. The van der Waals surface area contributed by atoms with Gasteiger partial charge in [0.25, 0.3) is 0 Å². The second-order valence-corrected chi connectivity index (χ2v) is 4.39. The van der Waals surface area contributed by atoms with E-state index in [2.05, 4.69) is 9.97 Å². The fourth-order valence-electron chi connectivity index (χ4n) is 1.87.